The molecule has 12 nitrogen and oxygen atoms in total. The molecule has 0 aliphatic heterocycles. The van der Waals surface area contributed by atoms with E-state index in [2.05, 4.69) is 37.3 Å². The van der Waals surface area contributed by atoms with E-state index in [1.807, 2.05) is 12.2 Å². The first-order valence-electron chi connectivity index (χ1n) is 10.9. The normalized spacial score (nSPS) is 10.0. The molecule has 0 unspecified atom stereocenters. The standard InChI is InChI=1S/C24H24N8O4/c1-2-10-26-21-19(13-27-23(32-21)31-16-8-6-15(12-25)7-9-16)22(34)30-18-5-3-4-17(11-18)29-20(33)14-28-24(35)36/h3-9,11,13,28H,2,10,14H2,1H3,(H,29,33)(H,30,34)(H,35,36)(H2,26,27,31,32). The molecule has 0 aliphatic carbocycles. The van der Waals surface area contributed by atoms with Gasteiger partial charge in [0.1, 0.15) is 17.9 Å². The number of nitrogens with zero attached hydrogens (tertiary/aromatic N) is 3. The fourth-order valence-corrected chi connectivity index (χ4v) is 2.98. The molecule has 3 aromatic rings. The van der Waals surface area contributed by atoms with Crippen molar-refractivity contribution in [2.45, 2.75) is 13.3 Å². The van der Waals surface area contributed by atoms with E-state index in [1.54, 1.807) is 42.5 Å². The van der Waals surface area contributed by atoms with Crippen LogP contribution < -0.4 is 26.6 Å². The van der Waals surface area contributed by atoms with Crippen molar-refractivity contribution < 1.29 is 19.5 Å². The summed E-state index contributed by atoms with van der Waals surface area (Å²) in [5, 5.41) is 31.0. The van der Waals surface area contributed by atoms with Gasteiger partial charge in [-0.2, -0.15) is 10.2 Å². The molecule has 3 amide bonds. The Labute approximate surface area is 206 Å². The van der Waals surface area contributed by atoms with E-state index >= 15 is 0 Å². The van der Waals surface area contributed by atoms with Gasteiger partial charge in [0.05, 0.1) is 11.6 Å². The smallest absolute Gasteiger partial charge is 0.405 e. The molecule has 0 radical (unpaired) electrons. The summed E-state index contributed by atoms with van der Waals surface area (Å²) in [5.74, 6) is -0.403. The van der Waals surface area contributed by atoms with Crippen LogP contribution in [0.4, 0.5) is 33.6 Å². The van der Waals surface area contributed by atoms with Crippen LogP contribution in [-0.2, 0) is 4.79 Å². The largest absolute Gasteiger partial charge is 0.465 e. The lowest BCUT2D eigenvalue weighted by atomic mass is 10.2. The molecule has 12 heteroatoms. The highest BCUT2D eigenvalue weighted by atomic mass is 16.4. The molecule has 1 heterocycles. The van der Waals surface area contributed by atoms with Crippen molar-refractivity contribution in [3.8, 4) is 6.07 Å². The maximum atomic E-state index is 13.0. The molecule has 0 fully saturated rings. The minimum atomic E-state index is -1.31. The van der Waals surface area contributed by atoms with Gasteiger partial charge in [0.15, 0.2) is 0 Å². The summed E-state index contributed by atoms with van der Waals surface area (Å²) in [5.41, 5.74) is 2.22. The second kappa shape index (κ2) is 12.3. The van der Waals surface area contributed by atoms with E-state index in [0.717, 1.165) is 6.42 Å². The molecule has 0 atom stereocenters. The van der Waals surface area contributed by atoms with Gasteiger partial charge in [0.2, 0.25) is 11.9 Å². The zero-order valence-corrected chi connectivity index (χ0v) is 19.3. The molecule has 2 aromatic carbocycles. The van der Waals surface area contributed by atoms with Crippen LogP contribution in [0.15, 0.2) is 54.7 Å². The van der Waals surface area contributed by atoms with Gasteiger partial charge in [-0.05, 0) is 48.9 Å². The van der Waals surface area contributed by atoms with Gasteiger partial charge < -0.3 is 31.7 Å². The van der Waals surface area contributed by atoms with Gasteiger partial charge in [-0.25, -0.2) is 9.78 Å². The summed E-state index contributed by atoms with van der Waals surface area (Å²) in [7, 11) is 0. The maximum absolute atomic E-state index is 13.0. The lowest BCUT2D eigenvalue weighted by Crippen LogP contribution is -2.31. The molecule has 3 rings (SSSR count). The third-order valence-electron chi connectivity index (χ3n) is 4.65. The SMILES string of the molecule is CCCNc1nc(Nc2ccc(C#N)cc2)ncc1C(=O)Nc1cccc(NC(=O)CNC(=O)O)c1. The average Bonchev–Trinajstić information content (AvgIpc) is 2.87. The molecule has 0 spiro atoms. The number of benzene rings is 2. The van der Waals surface area contributed by atoms with Crippen LogP contribution in [0.25, 0.3) is 0 Å². The van der Waals surface area contributed by atoms with Crippen molar-refractivity contribution in [3.63, 3.8) is 0 Å². The predicted molar refractivity (Wildman–Crippen MR) is 134 cm³/mol. The Hall–Kier alpha value is -5.18. The molecule has 0 saturated heterocycles. The third-order valence-corrected chi connectivity index (χ3v) is 4.65. The van der Waals surface area contributed by atoms with Crippen LogP contribution in [0.5, 0.6) is 0 Å². The topological polar surface area (TPSA) is 181 Å². The van der Waals surface area contributed by atoms with Crippen LogP contribution >= 0.6 is 0 Å². The molecule has 0 aliphatic rings. The Morgan fingerprint density at radius 2 is 1.75 bits per heavy atom. The monoisotopic (exact) mass is 488 g/mol. The number of nitriles is 1. The number of hydrogen-bond donors (Lipinski definition) is 6. The molecular formula is C24H24N8O4. The Morgan fingerprint density at radius 3 is 2.42 bits per heavy atom. The van der Waals surface area contributed by atoms with Crippen molar-refractivity contribution in [2.24, 2.45) is 0 Å². The van der Waals surface area contributed by atoms with Gasteiger partial charge >= 0.3 is 6.09 Å². The molecule has 184 valence electrons. The number of nitrogens with one attached hydrogen (secondary N) is 5. The second-order valence-electron chi connectivity index (χ2n) is 7.44. The van der Waals surface area contributed by atoms with E-state index in [0.29, 0.717) is 35.0 Å². The Morgan fingerprint density at radius 1 is 1.03 bits per heavy atom. The number of carbonyl (C=O) groups excluding carboxylic acids is 2. The molecule has 0 saturated carbocycles. The van der Waals surface area contributed by atoms with Crippen molar-refractivity contribution in [2.75, 3.05) is 34.4 Å². The second-order valence-corrected chi connectivity index (χ2v) is 7.44. The fourth-order valence-electron chi connectivity index (χ4n) is 2.98. The maximum Gasteiger partial charge on any atom is 0.405 e. The number of anilines is 5. The fraction of sp³-hybridized carbons (Fsp3) is 0.167. The quantitative estimate of drug-likeness (QED) is 0.249. The Kier molecular flexibility index (Phi) is 8.71. The number of hydrogen-bond acceptors (Lipinski definition) is 8. The number of carboxylic acid groups (broad SMARTS) is 1. The van der Waals surface area contributed by atoms with Gasteiger partial charge in [-0.3, -0.25) is 9.59 Å². The molecule has 36 heavy (non-hydrogen) atoms. The number of amides is 3. The Bertz CT molecular complexity index is 1290. The van der Waals surface area contributed by atoms with Crippen molar-refractivity contribution in [3.05, 3.63) is 65.9 Å². The minimum absolute atomic E-state index is 0.217. The first-order chi connectivity index (χ1) is 17.4. The lowest BCUT2D eigenvalue weighted by Gasteiger charge is -2.13. The molecule has 6 N–H and O–H groups in total. The predicted octanol–water partition coefficient (Wildman–Crippen LogP) is 3.37. The van der Waals surface area contributed by atoms with Crippen LogP contribution in [0.3, 0.4) is 0 Å². The molecule has 1 aromatic heterocycles. The first-order valence-corrected chi connectivity index (χ1v) is 10.9. The third kappa shape index (κ3) is 7.42. The van der Waals surface area contributed by atoms with Crippen LogP contribution in [0.2, 0.25) is 0 Å². The first kappa shape index (κ1) is 25.4. The van der Waals surface area contributed by atoms with Crippen LogP contribution in [0, 0.1) is 11.3 Å². The lowest BCUT2D eigenvalue weighted by molar-refractivity contribution is -0.115. The van der Waals surface area contributed by atoms with E-state index in [1.165, 1.54) is 12.3 Å². The molecule has 0 bridgehead atoms. The van der Waals surface area contributed by atoms with Gasteiger partial charge in [0.25, 0.3) is 5.91 Å². The summed E-state index contributed by atoms with van der Waals surface area (Å²) in [4.78, 5) is 44.0. The minimum Gasteiger partial charge on any atom is -0.465 e. The summed E-state index contributed by atoms with van der Waals surface area (Å²) in [6, 6.07) is 15.3. The zero-order valence-electron chi connectivity index (χ0n) is 19.3. The zero-order chi connectivity index (χ0) is 25.9. The van der Waals surface area contributed by atoms with Crippen LogP contribution in [-0.4, -0.2) is 46.1 Å². The van der Waals surface area contributed by atoms with Crippen molar-refractivity contribution >= 4 is 46.7 Å². The van der Waals surface area contributed by atoms with E-state index < -0.39 is 24.5 Å². The summed E-state index contributed by atoms with van der Waals surface area (Å²) in [6.07, 6.45) is 0.899. The highest BCUT2D eigenvalue weighted by molar-refractivity contribution is 6.07. The summed E-state index contributed by atoms with van der Waals surface area (Å²) < 4.78 is 0. The van der Waals surface area contributed by atoms with E-state index in [4.69, 9.17) is 10.4 Å². The summed E-state index contributed by atoms with van der Waals surface area (Å²) >= 11 is 0. The van der Waals surface area contributed by atoms with E-state index in [9.17, 15) is 14.4 Å². The highest BCUT2D eigenvalue weighted by Gasteiger charge is 2.16. The Balaban J connectivity index is 1.73. The van der Waals surface area contributed by atoms with Crippen LogP contribution in [0.1, 0.15) is 29.3 Å². The van der Waals surface area contributed by atoms with Crippen molar-refractivity contribution in [1.29, 1.82) is 5.26 Å². The van der Waals surface area contributed by atoms with E-state index in [-0.39, 0.29) is 11.5 Å². The van der Waals surface area contributed by atoms with Gasteiger partial charge in [-0.1, -0.05) is 13.0 Å². The molecular weight excluding hydrogens is 464 g/mol. The number of carbonyl (C=O) groups is 3. The average molecular weight is 489 g/mol. The highest BCUT2D eigenvalue weighted by Crippen LogP contribution is 2.21. The number of aromatic nitrogens is 2. The number of rotatable bonds is 10. The van der Waals surface area contributed by atoms with Crippen molar-refractivity contribution in [1.82, 2.24) is 15.3 Å². The van der Waals surface area contributed by atoms with Gasteiger partial charge in [0, 0.05) is 29.8 Å². The van der Waals surface area contributed by atoms with Gasteiger partial charge in [-0.15, -0.1) is 0 Å². The summed E-state index contributed by atoms with van der Waals surface area (Å²) in [6.45, 7) is 2.16.